The van der Waals surface area contributed by atoms with Crippen LogP contribution in [0.3, 0.4) is 0 Å². The van der Waals surface area contributed by atoms with Gasteiger partial charge < -0.3 is 0 Å². The molecule has 0 amide bonds. The van der Waals surface area contributed by atoms with E-state index in [-0.39, 0.29) is 24.3 Å². The number of carbonyl (C=O) groups is 1. The van der Waals surface area contributed by atoms with Crippen LogP contribution in [0.5, 0.6) is 0 Å². The van der Waals surface area contributed by atoms with Crippen LogP contribution in [0.2, 0.25) is 0 Å². The quantitative estimate of drug-likeness (QED) is 0.716. The molecule has 0 radical (unpaired) electrons. The molecule has 0 saturated heterocycles. The molecule has 0 heterocycles. The fourth-order valence-electron chi connectivity index (χ4n) is 1.59. The third-order valence-electron chi connectivity index (χ3n) is 2.17. The second-order valence-electron chi connectivity index (χ2n) is 4.14. The zero-order chi connectivity index (χ0) is 12.2. The Bertz CT molecular complexity index is 213. The number of hydrogen-bond donors (Lipinski definition) is 0. The fraction of sp³-hybridized carbons (Fsp3) is 0.900. The highest BCUT2D eigenvalue weighted by molar-refractivity contribution is 5.76. The molecule has 1 unspecified atom stereocenters. The summed E-state index contributed by atoms with van der Waals surface area (Å²) in [7, 11) is 0. The lowest BCUT2D eigenvalue weighted by Gasteiger charge is -2.32. The molecular formula is C10H18F3NO. The lowest BCUT2D eigenvalue weighted by atomic mass is 10.1. The van der Waals surface area contributed by atoms with Gasteiger partial charge >= 0.3 is 6.18 Å². The van der Waals surface area contributed by atoms with Crippen LogP contribution in [0.25, 0.3) is 0 Å². The number of alkyl halides is 3. The molecule has 5 heteroatoms. The fourth-order valence-corrected chi connectivity index (χ4v) is 1.59. The molecule has 15 heavy (non-hydrogen) atoms. The molecule has 0 aromatic carbocycles. The lowest BCUT2D eigenvalue weighted by Crippen LogP contribution is -2.45. The molecule has 0 bridgehead atoms. The van der Waals surface area contributed by atoms with E-state index in [1.807, 2.05) is 0 Å². The van der Waals surface area contributed by atoms with E-state index in [9.17, 15) is 18.0 Å². The van der Waals surface area contributed by atoms with Crippen LogP contribution >= 0.6 is 0 Å². The first-order valence-electron chi connectivity index (χ1n) is 4.95. The molecule has 0 saturated carbocycles. The van der Waals surface area contributed by atoms with Gasteiger partial charge in [0.1, 0.15) is 5.78 Å². The van der Waals surface area contributed by atoms with Gasteiger partial charge in [0.15, 0.2) is 0 Å². The average Bonchev–Trinajstić information content (AvgIpc) is 1.96. The first kappa shape index (κ1) is 14.4. The maximum atomic E-state index is 12.2. The SMILES string of the molecule is CC(=O)CC(C)N(CC(F)(F)F)C(C)C. The first-order valence-corrected chi connectivity index (χ1v) is 4.95. The van der Waals surface area contributed by atoms with E-state index in [0.717, 1.165) is 0 Å². The molecule has 1 atom stereocenters. The molecule has 0 aliphatic heterocycles. The van der Waals surface area contributed by atoms with Crippen LogP contribution in [0.4, 0.5) is 13.2 Å². The van der Waals surface area contributed by atoms with Crippen LogP contribution in [-0.4, -0.2) is 35.5 Å². The Labute approximate surface area is 88.4 Å². The third kappa shape index (κ3) is 6.49. The van der Waals surface area contributed by atoms with Crippen molar-refractivity contribution in [3.63, 3.8) is 0 Å². The summed E-state index contributed by atoms with van der Waals surface area (Å²) >= 11 is 0. The summed E-state index contributed by atoms with van der Waals surface area (Å²) in [5, 5.41) is 0. The van der Waals surface area contributed by atoms with Crippen molar-refractivity contribution in [3.05, 3.63) is 0 Å². The minimum absolute atomic E-state index is 0.0877. The van der Waals surface area contributed by atoms with Gasteiger partial charge in [0.25, 0.3) is 0 Å². The third-order valence-corrected chi connectivity index (χ3v) is 2.17. The van der Waals surface area contributed by atoms with Gasteiger partial charge in [-0.1, -0.05) is 0 Å². The number of halogens is 3. The van der Waals surface area contributed by atoms with Crippen LogP contribution in [0.15, 0.2) is 0 Å². The minimum atomic E-state index is -4.21. The zero-order valence-corrected chi connectivity index (χ0v) is 9.56. The Hall–Kier alpha value is -0.580. The number of ketones is 1. The maximum Gasteiger partial charge on any atom is 0.401 e. The summed E-state index contributed by atoms with van der Waals surface area (Å²) in [5.41, 5.74) is 0. The predicted molar refractivity (Wildman–Crippen MR) is 52.7 cm³/mol. The number of rotatable bonds is 5. The smallest absolute Gasteiger partial charge is 0.300 e. The summed E-state index contributed by atoms with van der Waals surface area (Å²) in [6.07, 6.45) is -4.05. The summed E-state index contributed by atoms with van der Waals surface area (Å²) in [4.78, 5) is 12.1. The van der Waals surface area contributed by atoms with E-state index in [4.69, 9.17) is 0 Å². The maximum absolute atomic E-state index is 12.2. The highest BCUT2D eigenvalue weighted by atomic mass is 19.4. The molecule has 0 aliphatic rings. The number of carbonyl (C=O) groups excluding carboxylic acids is 1. The van der Waals surface area contributed by atoms with Crippen molar-refractivity contribution in [2.75, 3.05) is 6.54 Å². The molecule has 0 aromatic heterocycles. The van der Waals surface area contributed by atoms with Crippen LogP contribution < -0.4 is 0 Å². The molecule has 0 aromatic rings. The zero-order valence-electron chi connectivity index (χ0n) is 9.56. The molecule has 90 valence electrons. The molecule has 0 N–H and O–H groups in total. The first-order chi connectivity index (χ1) is 6.63. The van der Waals surface area contributed by atoms with Crippen molar-refractivity contribution < 1.29 is 18.0 Å². The van der Waals surface area contributed by atoms with Crippen molar-refractivity contribution in [1.82, 2.24) is 4.90 Å². The summed E-state index contributed by atoms with van der Waals surface area (Å²) in [6.45, 7) is 5.47. The highest BCUT2D eigenvalue weighted by Crippen LogP contribution is 2.20. The van der Waals surface area contributed by atoms with Gasteiger partial charge in [0, 0.05) is 18.5 Å². The van der Waals surface area contributed by atoms with Crippen molar-refractivity contribution >= 4 is 5.78 Å². The summed E-state index contributed by atoms with van der Waals surface area (Å²) < 4.78 is 36.7. The van der Waals surface area contributed by atoms with Gasteiger partial charge in [-0.05, 0) is 27.7 Å². The van der Waals surface area contributed by atoms with E-state index in [2.05, 4.69) is 0 Å². The number of hydrogen-bond acceptors (Lipinski definition) is 2. The van der Waals surface area contributed by atoms with Crippen LogP contribution in [0.1, 0.15) is 34.1 Å². The van der Waals surface area contributed by atoms with E-state index in [0.29, 0.717) is 0 Å². The molecule has 0 fully saturated rings. The van der Waals surface area contributed by atoms with Gasteiger partial charge in [-0.2, -0.15) is 13.2 Å². The Morgan fingerprint density at radius 1 is 1.27 bits per heavy atom. The van der Waals surface area contributed by atoms with Gasteiger partial charge in [-0.15, -0.1) is 0 Å². The second kappa shape index (κ2) is 5.49. The van der Waals surface area contributed by atoms with Crippen molar-refractivity contribution in [2.45, 2.75) is 52.4 Å². The van der Waals surface area contributed by atoms with Crippen molar-refractivity contribution in [2.24, 2.45) is 0 Å². The van der Waals surface area contributed by atoms with Gasteiger partial charge in [-0.25, -0.2) is 0 Å². The summed E-state index contributed by atoms with van der Waals surface area (Å²) in [5.74, 6) is -0.0877. The summed E-state index contributed by atoms with van der Waals surface area (Å²) in [6, 6.07) is -0.593. The molecular weight excluding hydrogens is 207 g/mol. The lowest BCUT2D eigenvalue weighted by molar-refractivity contribution is -0.155. The van der Waals surface area contributed by atoms with Crippen molar-refractivity contribution in [3.8, 4) is 0 Å². The van der Waals surface area contributed by atoms with E-state index in [1.54, 1.807) is 20.8 Å². The van der Waals surface area contributed by atoms with Gasteiger partial charge in [0.05, 0.1) is 6.54 Å². The Morgan fingerprint density at radius 3 is 2.00 bits per heavy atom. The standard InChI is InChI=1S/C10H18F3NO/c1-7(2)14(6-10(11,12)13)8(3)5-9(4)15/h7-8H,5-6H2,1-4H3. The molecule has 0 spiro atoms. The topological polar surface area (TPSA) is 20.3 Å². The van der Waals surface area contributed by atoms with Gasteiger partial charge in [0.2, 0.25) is 0 Å². The predicted octanol–water partition coefficient (Wildman–Crippen LogP) is 2.63. The average molecular weight is 225 g/mol. The number of Topliss-reactive ketones (excluding diaryl/α,β-unsaturated/α-hetero) is 1. The van der Waals surface area contributed by atoms with E-state index >= 15 is 0 Å². The monoisotopic (exact) mass is 225 g/mol. The van der Waals surface area contributed by atoms with Crippen LogP contribution in [0, 0.1) is 0 Å². The van der Waals surface area contributed by atoms with E-state index in [1.165, 1.54) is 11.8 Å². The van der Waals surface area contributed by atoms with Crippen LogP contribution in [-0.2, 0) is 4.79 Å². The minimum Gasteiger partial charge on any atom is -0.300 e. The second-order valence-corrected chi connectivity index (χ2v) is 4.14. The molecule has 0 rings (SSSR count). The molecule has 0 aliphatic carbocycles. The normalized spacial score (nSPS) is 14.7. The van der Waals surface area contributed by atoms with Gasteiger partial charge in [-0.3, -0.25) is 9.69 Å². The largest absolute Gasteiger partial charge is 0.401 e. The Kier molecular flexibility index (Phi) is 5.28. The Morgan fingerprint density at radius 2 is 1.73 bits per heavy atom. The van der Waals surface area contributed by atoms with Crippen molar-refractivity contribution in [1.29, 1.82) is 0 Å². The molecule has 2 nitrogen and oxygen atoms in total. The van der Waals surface area contributed by atoms with E-state index < -0.39 is 12.7 Å². The number of nitrogens with zero attached hydrogens (tertiary/aromatic N) is 1. The highest BCUT2D eigenvalue weighted by Gasteiger charge is 2.33. The Balaban J connectivity index is 4.45.